The Morgan fingerprint density at radius 2 is 1.07 bits per heavy atom. The highest BCUT2D eigenvalue weighted by atomic mass is 16.4. The van der Waals surface area contributed by atoms with Crippen molar-refractivity contribution in [3.05, 3.63) is 30.3 Å². The molecule has 2 nitrogen and oxygen atoms in total. The lowest BCUT2D eigenvalue weighted by molar-refractivity contribution is 0.426. The molecular formula is C12H25BO2. The van der Waals surface area contributed by atoms with Crippen LogP contribution in [-0.4, -0.2) is 17.2 Å². The van der Waals surface area contributed by atoms with Gasteiger partial charge in [-0.3, -0.25) is 0 Å². The van der Waals surface area contributed by atoms with E-state index in [2.05, 4.69) is 0 Å². The van der Waals surface area contributed by atoms with Crippen molar-refractivity contribution in [1.82, 2.24) is 0 Å². The molecule has 0 saturated heterocycles. The summed E-state index contributed by atoms with van der Waals surface area (Å²) in [5, 5.41) is 17.2. The molecule has 1 aromatic rings. The van der Waals surface area contributed by atoms with Gasteiger partial charge in [0.05, 0.1) is 0 Å². The molecule has 0 heterocycles. The van der Waals surface area contributed by atoms with E-state index in [1.54, 1.807) is 24.3 Å². The summed E-state index contributed by atoms with van der Waals surface area (Å²) in [6.45, 7) is 12.0. The van der Waals surface area contributed by atoms with Crippen LogP contribution < -0.4 is 5.46 Å². The summed E-state index contributed by atoms with van der Waals surface area (Å²) in [6.07, 6.45) is 0. The fourth-order valence-corrected chi connectivity index (χ4v) is 0.625. The minimum Gasteiger partial charge on any atom is -0.423 e. The Bertz CT molecular complexity index is 176. The normalized spacial score (nSPS) is 6.67. The Labute approximate surface area is 95.1 Å². The number of benzene rings is 1. The number of hydrogen-bond donors (Lipinski definition) is 2. The van der Waals surface area contributed by atoms with Crippen LogP contribution in [0.5, 0.6) is 0 Å². The Morgan fingerprint density at radius 3 is 1.27 bits per heavy atom. The molecule has 0 aliphatic heterocycles. The van der Waals surface area contributed by atoms with Crippen molar-refractivity contribution < 1.29 is 10.0 Å². The molecular weight excluding hydrogens is 187 g/mol. The highest BCUT2D eigenvalue weighted by Crippen LogP contribution is 1.82. The van der Waals surface area contributed by atoms with Crippen LogP contribution in [0.3, 0.4) is 0 Å². The van der Waals surface area contributed by atoms with E-state index in [0.717, 1.165) is 0 Å². The zero-order valence-electron chi connectivity index (χ0n) is 10.9. The molecule has 88 valence electrons. The molecule has 15 heavy (non-hydrogen) atoms. The fourth-order valence-electron chi connectivity index (χ4n) is 0.625. The van der Waals surface area contributed by atoms with Crippen LogP contribution in [0.25, 0.3) is 0 Å². The van der Waals surface area contributed by atoms with Gasteiger partial charge in [0.25, 0.3) is 0 Å². The lowest BCUT2D eigenvalue weighted by Crippen LogP contribution is -2.29. The second kappa shape index (κ2) is 18.9. The van der Waals surface area contributed by atoms with Crippen molar-refractivity contribution in [3.8, 4) is 0 Å². The predicted molar refractivity (Wildman–Crippen MR) is 70.3 cm³/mol. The van der Waals surface area contributed by atoms with E-state index in [1.165, 1.54) is 0 Å². The molecule has 0 atom stereocenters. The molecule has 0 aromatic heterocycles. The first-order valence-corrected chi connectivity index (χ1v) is 5.72. The minimum absolute atomic E-state index is 0.525. The van der Waals surface area contributed by atoms with Gasteiger partial charge in [0, 0.05) is 0 Å². The van der Waals surface area contributed by atoms with Crippen LogP contribution in [0.4, 0.5) is 0 Å². The number of rotatable bonds is 1. The van der Waals surface area contributed by atoms with E-state index in [4.69, 9.17) is 10.0 Å². The molecule has 0 radical (unpaired) electrons. The van der Waals surface area contributed by atoms with E-state index in [1.807, 2.05) is 47.6 Å². The van der Waals surface area contributed by atoms with Crippen LogP contribution in [0.1, 0.15) is 41.5 Å². The van der Waals surface area contributed by atoms with Crippen molar-refractivity contribution in [2.75, 3.05) is 0 Å². The smallest absolute Gasteiger partial charge is 0.423 e. The van der Waals surface area contributed by atoms with Crippen molar-refractivity contribution in [1.29, 1.82) is 0 Å². The summed E-state index contributed by atoms with van der Waals surface area (Å²) in [7, 11) is -1.34. The van der Waals surface area contributed by atoms with Gasteiger partial charge in [-0.15, -0.1) is 0 Å². The lowest BCUT2D eigenvalue weighted by atomic mass is 9.81. The van der Waals surface area contributed by atoms with Crippen molar-refractivity contribution in [2.45, 2.75) is 41.5 Å². The van der Waals surface area contributed by atoms with Crippen LogP contribution in [0.2, 0.25) is 0 Å². The van der Waals surface area contributed by atoms with E-state index in [-0.39, 0.29) is 0 Å². The Morgan fingerprint density at radius 1 is 0.733 bits per heavy atom. The maximum absolute atomic E-state index is 8.58. The van der Waals surface area contributed by atoms with E-state index < -0.39 is 7.12 Å². The molecule has 1 rings (SSSR count). The molecule has 2 N–H and O–H groups in total. The second-order valence-corrected chi connectivity index (χ2v) is 1.78. The first-order chi connectivity index (χ1) is 7.30. The third-order valence-corrected chi connectivity index (χ3v) is 1.10. The summed E-state index contributed by atoms with van der Waals surface area (Å²) in [5.41, 5.74) is 0.525. The predicted octanol–water partition coefficient (Wildman–Crippen LogP) is 2.45. The maximum atomic E-state index is 8.58. The lowest BCUT2D eigenvalue weighted by Gasteiger charge is -1.94. The van der Waals surface area contributed by atoms with Crippen LogP contribution in [0.15, 0.2) is 30.3 Å². The van der Waals surface area contributed by atoms with Gasteiger partial charge in [0.2, 0.25) is 0 Å². The van der Waals surface area contributed by atoms with Crippen molar-refractivity contribution in [3.63, 3.8) is 0 Å². The first-order valence-electron chi connectivity index (χ1n) is 5.72. The zero-order chi connectivity index (χ0) is 12.7. The van der Waals surface area contributed by atoms with Gasteiger partial charge in [-0.1, -0.05) is 71.9 Å². The summed E-state index contributed by atoms with van der Waals surface area (Å²) >= 11 is 0. The molecule has 0 unspecified atom stereocenters. The molecule has 0 amide bonds. The van der Waals surface area contributed by atoms with Gasteiger partial charge < -0.3 is 10.0 Å². The van der Waals surface area contributed by atoms with E-state index in [0.29, 0.717) is 5.46 Å². The van der Waals surface area contributed by atoms with Gasteiger partial charge in [0.15, 0.2) is 0 Å². The average molecular weight is 212 g/mol. The topological polar surface area (TPSA) is 40.5 Å². The molecule has 0 saturated carbocycles. The highest BCUT2D eigenvalue weighted by molar-refractivity contribution is 6.58. The molecule has 0 bridgehead atoms. The van der Waals surface area contributed by atoms with E-state index >= 15 is 0 Å². The Balaban J connectivity index is -0.000000208. The van der Waals surface area contributed by atoms with Crippen LogP contribution >= 0.6 is 0 Å². The van der Waals surface area contributed by atoms with Crippen molar-refractivity contribution in [2.24, 2.45) is 0 Å². The third-order valence-electron chi connectivity index (χ3n) is 1.10. The molecule has 0 spiro atoms. The number of hydrogen-bond acceptors (Lipinski definition) is 2. The van der Waals surface area contributed by atoms with Gasteiger partial charge in [-0.25, -0.2) is 0 Å². The maximum Gasteiger partial charge on any atom is 0.488 e. The third kappa shape index (κ3) is 13.2. The van der Waals surface area contributed by atoms with Gasteiger partial charge in [-0.2, -0.15) is 0 Å². The minimum atomic E-state index is -1.34. The second-order valence-electron chi connectivity index (χ2n) is 1.78. The SMILES string of the molecule is CC.CC.CC.OB(O)c1ccccc1. The standard InChI is InChI=1S/C6H7BO2.3C2H6/c8-7(9)6-4-2-1-3-5-6;3*1-2/h1-5,8-9H;3*1-2H3. The Hall–Kier alpha value is -0.795. The monoisotopic (exact) mass is 212 g/mol. The molecule has 0 aliphatic carbocycles. The van der Waals surface area contributed by atoms with Crippen molar-refractivity contribution >= 4 is 12.6 Å². The summed E-state index contributed by atoms with van der Waals surface area (Å²) in [4.78, 5) is 0. The summed E-state index contributed by atoms with van der Waals surface area (Å²) in [6, 6.07) is 8.66. The van der Waals surface area contributed by atoms with Crippen LogP contribution in [-0.2, 0) is 0 Å². The van der Waals surface area contributed by atoms with Crippen LogP contribution in [0, 0.1) is 0 Å². The van der Waals surface area contributed by atoms with E-state index in [9.17, 15) is 0 Å². The van der Waals surface area contributed by atoms with Gasteiger partial charge in [0.1, 0.15) is 0 Å². The summed E-state index contributed by atoms with van der Waals surface area (Å²) < 4.78 is 0. The largest absolute Gasteiger partial charge is 0.488 e. The first kappa shape index (κ1) is 19.7. The molecule has 0 aliphatic rings. The molecule has 3 heteroatoms. The van der Waals surface area contributed by atoms with Gasteiger partial charge >= 0.3 is 7.12 Å². The average Bonchev–Trinajstić information content (AvgIpc) is 2.38. The Kier molecular flexibility index (Phi) is 24.8. The highest BCUT2D eigenvalue weighted by Gasteiger charge is 2.07. The van der Waals surface area contributed by atoms with Gasteiger partial charge in [-0.05, 0) is 5.46 Å². The fraction of sp³-hybridized carbons (Fsp3) is 0.500. The quantitative estimate of drug-likeness (QED) is 0.702. The molecule has 0 fully saturated rings. The zero-order valence-corrected chi connectivity index (χ0v) is 10.9. The molecule has 1 aromatic carbocycles. The summed E-state index contributed by atoms with van der Waals surface area (Å²) in [5.74, 6) is 0.